The zero-order valence-corrected chi connectivity index (χ0v) is 16.1. The van der Waals surface area contributed by atoms with Crippen molar-refractivity contribution in [1.29, 1.82) is 0 Å². The number of benzene rings is 1. The molecule has 1 atom stereocenters. The number of carbonyl (C=O) groups excluding carboxylic acids is 1. The highest BCUT2D eigenvalue weighted by molar-refractivity contribution is 5.96. The molecule has 0 fully saturated rings. The fourth-order valence-electron chi connectivity index (χ4n) is 3.21. The summed E-state index contributed by atoms with van der Waals surface area (Å²) in [5.41, 5.74) is 3.22. The van der Waals surface area contributed by atoms with Gasteiger partial charge in [0, 0.05) is 30.4 Å². The van der Waals surface area contributed by atoms with Crippen molar-refractivity contribution in [3.05, 3.63) is 60.0 Å². The van der Waals surface area contributed by atoms with E-state index in [-0.39, 0.29) is 17.9 Å². The molecule has 1 aliphatic rings. The van der Waals surface area contributed by atoms with Crippen molar-refractivity contribution >= 4 is 5.91 Å². The first-order valence-corrected chi connectivity index (χ1v) is 9.11. The van der Waals surface area contributed by atoms with Crippen LogP contribution in [0.2, 0.25) is 0 Å². The van der Waals surface area contributed by atoms with Gasteiger partial charge in [-0.1, -0.05) is 0 Å². The van der Waals surface area contributed by atoms with Gasteiger partial charge in [0.2, 0.25) is 11.8 Å². The van der Waals surface area contributed by atoms with E-state index < -0.39 is 0 Å². The second-order valence-electron chi connectivity index (χ2n) is 6.48. The van der Waals surface area contributed by atoms with E-state index in [9.17, 15) is 4.79 Å². The maximum atomic E-state index is 12.6. The minimum atomic E-state index is -0.281. The highest BCUT2D eigenvalue weighted by Crippen LogP contribution is 2.32. The summed E-state index contributed by atoms with van der Waals surface area (Å²) in [6, 6.07) is 9.18. The van der Waals surface area contributed by atoms with Crippen molar-refractivity contribution in [3.63, 3.8) is 0 Å². The predicted octanol–water partition coefficient (Wildman–Crippen LogP) is 2.29. The predicted molar refractivity (Wildman–Crippen MR) is 105 cm³/mol. The number of pyridine rings is 1. The van der Waals surface area contributed by atoms with Crippen LogP contribution in [-0.4, -0.2) is 47.7 Å². The number of fused-ring (bicyclic) bond motifs is 1. The van der Waals surface area contributed by atoms with Gasteiger partial charge < -0.3 is 19.5 Å². The summed E-state index contributed by atoms with van der Waals surface area (Å²) in [6.07, 6.45) is 5.59. The molecule has 0 radical (unpaired) electrons. The van der Waals surface area contributed by atoms with E-state index in [4.69, 9.17) is 14.2 Å². The van der Waals surface area contributed by atoms with E-state index in [2.05, 4.69) is 26.3 Å². The zero-order chi connectivity index (χ0) is 20.2. The van der Waals surface area contributed by atoms with Gasteiger partial charge in [-0.05, 0) is 29.8 Å². The molecule has 0 saturated heterocycles. The number of hydrogen-bond donors (Lipinski definition) is 1. The standard InChI is InChI=1S/C21H20N4O4/c1-27-19-6-4-16(21(25-19)28-2)20(26)24-11-15-10-14-9-13(3-5-18(14)29-15)17-12-22-7-8-23-17/h3-9,12,15H,10-11H2,1-2H3,(H,24,26)/t15-/m1/s1. The lowest BCUT2D eigenvalue weighted by Crippen LogP contribution is -2.34. The maximum absolute atomic E-state index is 12.6. The first-order valence-electron chi connectivity index (χ1n) is 9.11. The van der Waals surface area contributed by atoms with E-state index in [1.165, 1.54) is 14.2 Å². The number of aromatic nitrogens is 3. The maximum Gasteiger partial charge on any atom is 0.256 e. The van der Waals surface area contributed by atoms with E-state index in [1.54, 1.807) is 30.7 Å². The van der Waals surface area contributed by atoms with Crippen molar-refractivity contribution in [2.45, 2.75) is 12.5 Å². The summed E-state index contributed by atoms with van der Waals surface area (Å²) in [7, 11) is 2.97. The molecule has 8 nitrogen and oxygen atoms in total. The molecule has 148 valence electrons. The van der Waals surface area contributed by atoms with Crippen LogP contribution >= 0.6 is 0 Å². The largest absolute Gasteiger partial charge is 0.488 e. The van der Waals surface area contributed by atoms with Gasteiger partial charge in [0.05, 0.1) is 32.7 Å². The summed E-state index contributed by atoms with van der Waals surface area (Å²) in [6.45, 7) is 0.364. The first-order chi connectivity index (χ1) is 14.2. The summed E-state index contributed by atoms with van der Waals surface area (Å²) >= 11 is 0. The van der Waals surface area contributed by atoms with Crippen LogP contribution in [0.3, 0.4) is 0 Å². The number of methoxy groups -OCH3 is 2. The number of hydrogen-bond acceptors (Lipinski definition) is 7. The van der Waals surface area contributed by atoms with Crippen molar-refractivity contribution < 1.29 is 19.0 Å². The average Bonchev–Trinajstić information content (AvgIpc) is 3.19. The smallest absolute Gasteiger partial charge is 0.256 e. The molecule has 1 N–H and O–H groups in total. The van der Waals surface area contributed by atoms with E-state index in [0.717, 1.165) is 22.6 Å². The van der Waals surface area contributed by atoms with Gasteiger partial charge in [-0.15, -0.1) is 0 Å². The Labute approximate surface area is 167 Å². The van der Waals surface area contributed by atoms with Gasteiger partial charge in [-0.3, -0.25) is 14.8 Å². The Morgan fingerprint density at radius 2 is 2.10 bits per heavy atom. The number of rotatable bonds is 6. The normalized spacial score (nSPS) is 14.6. The van der Waals surface area contributed by atoms with E-state index in [0.29, 0.717) is 24.4 Å². The quantitative estimate of drug-likeness (QED) is 0.688. The van der Waals surface area contributed by atoms with Gasteiger partial charge in [0.1, 0.15) is 17.4 Å². The minimum Gasteiger partial charge on any atom is -0.488 e. The number of amides is 1. The first kappa shape index (κ1) is 18.7. The molecule has 0 unspecified atom stereocenters. The Morgan fingerprint density at radius 3 is 2.86 bits per heavy atom. The zero-order valence-electron chi connectivity index (χ0n) is 16.1. The Kier molecular flexibility index (Phi) is 5.24. The van der Waals surface area contributed by atoms with Crippen LogP contribution in [0.4, 0.5) is 0 Å². The third kappa shape index (κ3) is 3.96. The fraction of sp³-hybridized carbons (Fsp3) is 0.238. The highest BCUT2D eigenvalue weighted by Gasteiger charge is 2.25. The van der Waals surface area contributed by atoms with Crippen LogP contribution in [-0.2, 0) is 6.42 Å². The van der Waals surface area contributed by atoms with E-state index in [1.807, 2.05) is 12.1 Å². The van der Waals surface area contributed by atoms with Crippen molar-refractivity contribution in [2.24, 2.45) is 0 Å². The molecule has 3 aromatic rings. The molecule has 3 heterocycles. The Hall–Kier alpha value is -3.68. The van der Waals surface area contributed by atoms with Crippen molar-refractivity contribution in [1.82, 2.24) is 20.3 Å². The van der Waals surface area contributed by atoms with Crippen LogP contribution in [0.1, 0.15) is 15.9 Å². The molecule has 1 aromatic carbocycles. The highest BCUT2D eigenvalue weighted by atomic mass is 16.5. The lowest BCUT2D eigenvalue weighted by atomic mass is 10.0. The number of carbonyl (C=O) groups is 1. The molecule has 0 aliphatic carbocycles. The Balaban J connectivity index is 1.40. The van der Waals surface area contributed by atoms with Gasteiger partial charge in [0.25, 0.3) is 5.91 Å². The molecular weight excluding hydrogens is 372 g/mol. The van der Waals surface area contributed by atoms with Gasteiger partial charge in [-0.25, -0.2) is 0 Å². The molecule has 0 saturated carbocycles. The van der Waals surface area contributed by atoms with Crippen LogP contribution in [0.15, 0.2) is 48.9 Å². The van der Waals surface area contributed by atoms with Gasteiger partial charge >= 0.3 is 0 Å². The Bertz CT molecular complexity index is 1030. The van der Waals surface area contributed by atoms with Crippen LogP contribution in [0.5, 0.6) is 17.5 Å². The molecule has 0 spiro atoms. The van der Waals surface area contributed by atoms with Crippen molar-refractivity contribution in [3.8, 4) is 28.8 Å². The Morgan fingerprint density at radius 1 is 1.21 bits per heavy atom. The molecule has 1 aliphatic heterocycles. The summed E-state index contributed by atoms with van der Waals surface area (Å²) in [5.74, 6) is 1.13. The number of ether oxygens (including phenoxy) is 3. The molecule has 0 bridgehead atoms. The SMILES string of the molecule is COc1ccc(C(=O)NC[C@H]2Cc3cc(-c4cnccn4)ccc3O2)c(OC)n1. The summed E-state index contributed by atoms with van der Waals surface area (Å²) < 4.78 is 16.2. The third-order valence-electron chi connectivity index (χ3n) is 4.63. The van der Waals surface area contributed by atoms with Crippen LogP contribution < -0.4 is 19.5 Å². The second kappa shape index (κ2) is 8.14. The van der Waals surface area contributed by atoms with Gasteiger partial charge in [-0.2, -0.15) is 4.98 Å². The third-order valence-corrected chi connectivity index (χ3v) is 4.63. The molecule has 8 heteroatoms. The second-order valence-corrected chi connectivity index (χ2v) is 6.48. The fourth-order valence-corrected chi connectivity index (χ4v) is 3.21. The van der Waals surface area contributed by atoms with E-state index >= 15 is 0 Å². The monoisotopic (exact) mass is 392 g/mol. The van der Waals surface area contributed by atoms with Crippen molar-refractivity contribution in [2.75, 3.05) is 20.8 Å². The van der Waals surface area contributed by atoms with Crippen LogP contribution in [0.25, 0.3) is 11.3 Å². The molecule has 4 rings (SSSR count). The molecule has 29 heavy (non-hydrogen) atoms. The van der Waals surface area contributed by atoms with Gasteiger partial charge in [0.15, 0.2) is 0 Å². The molecule has 2 aromatic heterocycles. The lowest BCUT2D eigenvalue weighted by molar-refractivity contribution is 0.0929. The lowest BCUT2D eigenvalue weighted by Gasteiger charge is -2.13. The number of nitrogens with zero attached hydrogens (tertiary/aromatic N) is 3. The average molecular weight is 392 g/mol. The molecule has 1 amide bonds. The summed E-state index contributed by atoms with van der Waals surface area (Å²) in [5, 5.41) is 2.89. The summed E-state index contributed by atoms with van der Waals surface area (Å²) in [4.78, 5) is 25.1. The minimum absolute atomic E-state index is 0.150. The number of nitrogens with one attached hydrogen (secondary N) is 1. The topological polar surface area (TPSA) is 95.5 Å². The molecular formula is C21H20N4O4. The van der Waals surface area contributed by atoms with Crippen LogP contribution in [0, 0.1) is 0 Å².